The van der Waals surface area contributed by atoms with Crippen LogP contribution in [0.25, 0.3) is 0 Å². The molecule has 0 spiro atoms. The fourth-order valence-corrected chi connectivity index (χ4v) is 2.58. The van der Waals surface area contributed by atoms with Gasteiger partial charge < -0.3 is 14.8 Å². The van der Waals surface area contributed by atoms with Crippen LogP contribution in [0.5, 0.6) is 11.5 Å². The molecule has 1 aliphatic carbocycles. The number of methoxy groups -OCH3 is 2. The molecule has 0 aromatic heterocycles. The van der Waals surface area contributed by atoms with Gasteiger partial charge >= 0.3 is 0 Å². The number of rotatable bonds is 9. The van der Waals surface area contributed by atoms with Crippen molar-refractivity contribution in [2.75, 3.05) is 20.8 Å². The first kappa shape index (κ1) is 15.2. The largest absolute Gasteiger partial charge is 0.493 e. The summed E-state index contributed by atoms with van der Waals surface area (Å²) in [6.07, 6.45) is 6.54. The van der Waals surface area contributed by atoms with Gasteiger partial charge in [-0.05, 0) is 49.4 Å². The van der Waals surface area contributed by atoms with E-state index in [1.807, 2.05) is 6.07 Å². The van der Waals surface area contributed by atoms with Crippen LogP contribution in [0.1, 0.15) is 50.6 Å². The zero-order valence-corrected chi connectivity index (χ0v) is 12.9. The van der Waals surface area contributed by atoms with Crippen molar-refractivity contribution in [2.24, 2.45) is 5.92 Å². The molecule has 0 aliphatic heterocycles. The summed E-state index contributed by atoms with van der Waals surface area (Å²) in [5.41, 5.74) is 1.30. The maximum absolute atomic E-state index is 5.42. The molecule has 0 amide bonds. The normalized spacial score (nSPS) is 15.9. The molecule has 112 valence electrons. The smallest absolute Gasteiger partial charge is 0.161 e. The van der Waals surface area contributed by atoms with Gasteiger partial charge in [0.1, 0.15) is 0 Å². The molecule has 1 aromatic carbocycles. The van der Waals surface area contributed by atoms with Crippen molar-refractivity contribution >= 4 is 0 Å². The van der Waals surface area contributed by atoms with Crippen molar-refractivity contribution in [1.29, 1.82) is 0 Å². The monoisotopic (exact) mass is 277 g/mol. The molecular weight excluding hydrogens is 250 g/mol. The Balaban J connectivity index is 2.08. The van der Waals surface area contributed by atoms with Crippen LogP contribution >= 0.6 is 0 Å². The van der Waals surface area contributed by atoms with Gasteiger partial charge in [0.2, 0.25) is 0 Å². The molecule has 3 heteroatoms. The van der Waals surface area contributed by atoms with Crippen LogP contribution in [0.15, 0.2) is 18.2 Å². The highest BCUT2D eigenvalue weighted by Gasteiger charge is 2.23. The van der Waals surface area contributed by atoms with Gasteiger partial charge in [0.15, 0.2) is 11.5 Å². The fourth-order valence-electron chi connectivity index (χ4n) is 2.58. The Morgan fingerprint density at radius 1 is 1.20 bits per heavy atom. The summed E-state index contributed by atoms with van der Waals surface area (Å²) >= 11 is 0. The predicted molar refractivity (Wildman–Crippen MR) is 82.5 cm³/mol. The van der Waals surface area contributed by atoms with Gasteiger partial charge in [0.05, 0.1) is 14.2 Å². The van der Waals surface area contributed by atoms with Crippen LogP contribution in [-0.2, 0) is 0 Å². The summed E-state index contributed by atoms with van der Waals surface area (Å²) in [4.78, 5) is 0. The number of hydrogen-bond donors (Lipinski definition) is 1. The van der Waals surface area contributed by atoms with E-state index in [1.165, 1.54) is 31.2 Å². The SMILES string of the molecule is CCCNC(CCC1CC1)c1ccc(OC)c(OC)c1. The van der Waals surface area contributed by atoms with E-state index in [4.69, 9.17) is 9.47 Å². The van der Waals surface area contributed by atoms with Crippen molar-refractivity contribution in [1.82, 2.24) is 5.32 Å². The van der Waals surface area contributed by atoms with Crippen molar-refractivity contribution in [2.45, 2.75) is 45.1 Å². The van der Waals surface area contributed by atoms with Crippen LogP contribution < -0.4 is 14.8 Å². The van der Waals surface area contributed by atoms with E-state index in [0.717, 1.165) is 30.4 Å². The van der Waals surface area contributed by atoms with E-state index < -0.39 is 0 Å². The molecule has 0 radical (unpaired) electrons. The van der Waals surface area contributed by atoms with Crippen molar-refractivity contribution in [3.63, 3.8) is 0 Å². The highest BCUT2D eigenvalue weighted by molar-refractivity contribution is 5.43. The van der Waals surface area contributed by atoms with Gasteiger partial charge in [-0.3, -0.25) is 0 Å². The first-order valence-electron chi connectivity index (χ1n) is 7.73. The second-order valence-corrected chi connectivity index (χ2v) is 5.64. The molecule has 3 nitrogen and oxygen atoms in total. The van der Waals surface area contributed by atoms with E-state index in [0.29, 0.717) is 6.04 Å². The third kappa shape index (κ3) is 4.14. The third-order valence-electron chi connectivity index (χ3n) is 4.01. The minimum Gasteiger partial charge on any atom is -0.493 e. The fraction of sp³-hybridized carbons (Fsp3) is 0.647. The van der Waals surface area contributed by atoms with Crippen molar-refractivity contribution in [3.8, 4) is 11.5 Å². The topological polar surface area (TPSA) is 30.5 Å². The molecule has 0 saturated heterocycles. The molecular formula is C17H27NO2. The summed E-state index contributed by atoms with van der Waals surface area (Å²) in [7, 11) is 3.37. The molecule has 20 heavy (non-hydrogen) atoms. The lowest BCUT2D eigenvalue weighted by Crippen LogP contribution is -2.22. The van der Waals surface area contributed by atoms with Gasteiger partial charge in [0.25, 0.3) is 0 Å². The highest BCUT2D eigenvalue weighted by atomic mass is 16.5. The van der Waals surface area contributed by atoms with Gasteiger partial charge in [0, 0.05) is 6.04 Å². The first-order chi connectivity index (χ1) is 9.78. The minimum absolute atomic E-state index is 0.426. The summed E-state index contributed by atoms with van der Waals surface area (Å²) < 4.78 is 10.7. The molecule has 0 bridgehead atoms. The Bertz CT molecular complexity index is 415. The van der Waals surface area contributed by atoms with Crippen LogP contribution in [0.2, 0.25) is 0 Å². The van der Waals surface area contributed by atoms with Crippen LogP contribution in [0, 0.1) is 5.92 Å². The quantitative estimate of drug-likeness (QED) is 0.741. The molecule has 0 heterocycles. The van der Waals surface area contributed by atoms with E-state index in [-0.39, 0.29) is 0 Å². The molecule has 1 aliphatic rings. The standard InChI is InChI=1S/C17H27NO2/c1-4-11-18-15(9-7-13-5-6-13)14-8-10-16(19-2)17(12-14)20-3/h8,10,12-13,15,18H,4-7,9,11H2,1-3H3. The maximum atomic E-state index is 5.42. The maximum Gasteiger partial charge on any atom is 0.161 e. The second kappa shape index (κ2) is 7.53. The summed E-state index contributed by atoms with van der Waals surface area (Å²) in [5.74, 6) is 2.59. The molecule has 2 rings (SSSR count). The molecule has 1 unspecified atom stereocenters. The van der Waals surface area contributed by atoms with Gasteiger partial charge in [-0.15, -0.1) is 0 Å². The van der Waals surface area contributed by atoms with Gasteiger partial charge in [-0.2, -0.15) is 0 Å². The number of benzene rings is 1. The first-order valence-corrected chi connectivity index (χ1v) is 7.73. The summed E-state index contributed by atoms with van der Waals surface area (Å²) in [6, 6.07) is 6.70. The van der Waals surface area contributed by atoms with Crippen LogP contribution in [0.4, 0.5) is 0 Å². The lowest BCUT2D eigenvalue weighted by atomic mass is 9.99. The van der Waals surface area contributed by atoms with Crippen molar-refractivity contribution < 1.29 is 9.47 Å². The minimum atomic E-state index is 0.426. The number of ether oxygens (including phenoxy) is 2. The van der Waals surface area contributed by atoms with E-state index >= 15 is 0 Å². The lowest BCUT2D eigenvalue weighted by molar-refractivity contribution is 0.353. The Kier molecular flexibility index (Phi) is 5.72. The highest BCUT2D eigenvalue weighted by Crippen LogP contribution is 2.37. The zero-order chi connectivity index (χ0) is 14.4. The lowest BCUT2D eigenvalue weighted by Gasteiger charge is -2.20. The predicted octanol–water partition coefficient (Wildman–Crippen LogP) is 3.93. The Morgan fingerprint density at radius 3 is 2.55 bits per heavy atom. The van der Waals surface area contributed by atoms with E-state index in [2.05, 4.69) is 24.4 Å². The zero-order valence-electron chi connectivity index (χ0n) is 12.9. The number of nitrogens with one attached hydrogen (secondary N) is 1. The average molecular weight is 277 g/mol. The number of hydrogen-bond acceptors (Lipinski definition) is 3. The Labute approximate surface area is 122 Å². The molecule has 1 saturated carbocycles. The average Bonchev–Trinajstić information content (AvgIpc) is 3.31. The van der Waals surface area contributed by atoms with E-state index in [1.54, 1.807) is 14.2 Å². The summed E-state index contributed by atoms with van der Waals surface area (Å²) in [5, 5.41) is 3.66. The third-order valence-corrected chi connectivity index (χ3v) is 4.01. The molecule has 1 aromatic rings. The molecule has 1 fully saturated rings. The summed E-state index contributed by atoms with van der Waals surface area (Å²) in [6.45, 7) is 3.27. The Morgan fingerprint density at radius 2 is 1.95 bits per heavy atom. The Hall–Kier alpha value is -1.22. The second-order valence-electron chi connectivity index (χ2n) is 5.64. The molecule has 1 atom stereocenters. The van der Waals surface area contributed by atoms with Gasteiger partial charge in [-0.25, -0.2) is 0 Å². The van der Waals surface area contributed by atoms with Crippen molar-refractivity contribution in [3.05, 3.63) is 23.8 Å². The molecule has 1 N–H and O–H groups in total. The van der Waals surface area contributed by atoms with Crippen LogP contribution in [-0.4, -0.2) is 20.8 Å². The van der Waals surface area contributed by atoms with Crippen LogP contribution in [0.3, 0.4) is 0 Å². The van der Waals surface area contributed by atoms with E-state index in [9.17, 15) is 0 Å². The van der Waals surface area contributed by atoms with Gasteiger partial charge in [-0.1, -0.05) is 25.8 Å².